The van der Waals surface area contributed by atoms with Gasteiger partial charge in [-0.3, -0.25) is 9.59 Å². The second kappa shape index (κ2) is 6.61. The Morgan fingerprint density at radius 3 is 2.95 bits per heavy atom. The van der Waals surface area contributed by atoms with E-state index in [-0.39, 0.29) is 24.4 Å². The van der Waals surface area contributed by atoms with E-state index in [0.717, 1.165) is 11.3 Å². The molecule has 0 aliphatic carbocycles. The first-order valence-corrected chi connectivity index (χ1v) is 7.56. The van der Waals surface area contributed by atoms with Crippen molar-refractivity contribution in [3.8, 4) is 0 Å². The molecule has 20 heavy (non-hydrogen) atoms. The third-order valence-electron chi connectivity index (χ3n) is 3.24. The van der Waals surface area contributed by atoms with Gasteiger partial charge in [0.15, 0.2) is 0 Å². The third-order valence-corrected chi connectivity index (χ3v) is 4.42. The molecule has 1 atom stereocenters. The molecule has 0 spiro atoms. The van der Waals surface area contributed by atoms with Crippen LogP contribution in [0.1, 0.15) is 18.5 Å². The van der Waals surface area contributed by atoms with Gasteiger partial charge in [0.2, 0.25) is 11.8 Å². The summed E-state index contributed by atoms with van der Waals surface area (Å²) in [5, 5.41) is 2.99. The van der Waals surface area contributed by atoms with E-state index >= 15 is 0 Å². The van der Waals surface area contributed by atoms with E-state index in [2.05, 4.69) is 18.0 Å². The molecule has 1 aliphatic rings. The molecule has 5 heteroatoms. The largest absolute Gasteiger partial charge is 0.347 e. The summed E-state index contributed by atoms with van der Waals surface area (Å²) in [4.78, 5) is 26.3. The van der Waals surface area contributed by atoms with Gasteiger partial charge in [-0.25, -0.2) is 0 Å². The van der Waals surface area contributed by atoms with E-state index in [1.54, 1.807) is 11.8 Å². The van der Waals surface area contributed by atoms with Gasteiger partial charge in [0.1, 0.15) is 0 Å². The molecular weight excluding hydrogens is 272 g/mol. The summed E-state index contributed by atoms with van der Waals surface area (Å²) in [6.45, 7) is 5.85. The second-order valence-electron chi connectivity index (χ2n) is 4.53. The fraction of sp³-hybridized carbons (Fsp3) is 0.333. The van der Waals surface area contributed by atoms with E-state index in [4.69, 9.17) is 0 Å². The minimum absolute atomic E-state index is 0.0289. The summed E-state index contributed by atoms with van der Waals surface area (Å²) in [6.07, 6.45) is 1.23. The first kappa shape index (κ1) is 14.7. The van der Waals surface area contributed by atoms with Crippen LogP contribution in [-0.4, -0.2) is 35.6 Å². The number of thioether (sulfide) groups is 1. The molecule has 1 aliphatic heterocycles. The lowest BCUT2D eigenvalue weighted by molar-refractivity contribution is -0.132. The van der Waals surface area contributed by atoms with Gasteiger partial charge in [-0.1, -0.05) is 24.8 Å². The van der Waals surface area contributed by atoms with Crippen molar-refractivity contribution >= 4 is 23.6 Å². The van der Waals surface area contributed by atoms with Gasteiger partial charge >= 0.3 is 0 Å². The number of hydrogen-bond acceptors (Lipinski definition) is 3. The van der Waals surface area contributed by atoms with Crippen LogP contribution in [0.15, 0.2) is 41.8 Å². The number of carbonyl (C=O) groups excluding carboxylic acids is 2. The summed E-state index contributed by atoms with van der Waals surface area (Å²) in [7, 11) is 0. The Kier molecular flexibility index (Phi) is 4.84. The molecule has 0 saturated carbocycles. The Balaban J connectivity index is 1.96. The van der Waals surface area contributed by atoms with Crippen LogP contribution in [0.4, 0.5) is 0 Å². The van der Waals surface area contributed by atoms with E-state index < -0.39 is 0 Å². The third kappa shape index (κ3) is 3.22. The standard InChI is InChI=1S/C15H18N2O2S/c1-3-15(19)17(4-2)9-14(18)16-12-10-20-13-8-6-5-7-11(12)13/h3,5-8,12H,1,4,9-10H2,2H3,(H,16,18). The van der Waals surface area contributed by atoms with Crippen molar-refractivity contribution in [2.75, 3.05) is 18.8 Å². The van der Waals surface area contributed by atoms with Crippen molar-refractivity contribution in [1.82, 2.24) is 10.2 Å². The topological polar surface area (TPSA) is 49.4 Å². The molecule has 0 saturated heterocycles. The number of nitrogens with one attached hydrogen (secondary N) is 1. The van der Waals surface area contributed by atoms with Gasteiger partial charge in [0, 0.05) is 17.2 Å². The fourth-order valence-electron chi connectivity index (χ4n) is 2.17. The van der Waals surface area contributed by atoms with E-state index in [0.29, 0.717) is 6.54 Å². The van der Waals surface area contributed by atoms with Gasteiger partial charge in [-0.2, -0.15) is 0 Å². The Hall–Kier alpha value is -1.75. The van der Waals surface area contributed by atoms with Gasteiger partial charge in [-0.05, 0) is 24.6 Å². The number of amides is 2. The molecular formula is C15H18N2O2S. The molecule has 106 valence electrons. The number of rotatable bonds is 5. The number of likely N-dealkylation sites (N-methyl/N-ethyl adjacent to an activating group) is 1. The normalized spacial score (nSPS) is 16.4. The van der Waals surface area contributed by atoms with Crippen molar-refractivity contribution in [2.24, 2.45) is 0 Å². The quantitative estimate of drug-likeness (QED) is 0.844. The van der Waals surface area contributed by atoms with Crippen molar-refractivity contribution in [3.05, 3.63) is 42.5 Å². The lowest BCUT2D eigenvalue weighted by Gasteiger charge is -2.20. The van der Waals surface area contributed by atoms with Gasteiger partial charge < -0.3 is 10.2 Å². The number of nitrogens with zero attached hydrogens (tertiary/aromatic N) is 1. The van der Waals surface area contributed by atoms with Crippen LogP contribution in [0.25, 0.3) is 0 Å². The summed E-state index contributed by atoms with van der Waals surface area (Å²) in [5.41, 5.74) is 1.16. The molecule has 0 aromatic heterocycles. The average Bonchev–Trinajstić information content (AvgIpc) is 2.87. The van der Waals surface area contributed by atoms with E-state index in [1.165, 1.54) is 15.9 Å². The van der Waals surface area contributed by atoms with Crippen LogP contribution < -0.4 is 5.32 Å². The highest BCUT2D eigenvalue weighted by Crippen LogP contribution is 2.37. The predicted molar refractivity (Wildman–Crippen MR) is 80.5 cm³/mol. The highest BCUT2D eigenvalue weighted by Gasteiger charge is 2.24. The van der Waals surface area contributed by atoms with Crippen molar-refractivity contribution < 1.29 is 9.59 Å². The Bertz CT molecular complexity index is 530. The average molecular weight is 290 g/mol. The van der Waals surface area contributed by atoms with Gasteiger partial charge in [0.25, 0.3) is 0 Å². The van der Waals surface area contributed by atoms with E-state index in [1.807, 2.05) is 25.1 Å². The second-order valence-corrected chi connectivity index (χ2v) is 5.59. The molecule has 1 aromatic rings. The number of hydrogen-bond donors (Lipinski definition) is 1. The van der Waals surface area contributed by atoms with Crippen LogP contribution >= 0.6 is 11.8 Å². The Morgan fingerprint density at radius 1 is 1.50 bits per heavy atom. The van der Waals surface area contributed by atoms with Crippen LogP contribution in [0.5, 0.6) is 0 Å². The lowest BCUT2D eigenvalue weighted by Crippen LogP contribution is -2.41. The zero-order chi connectivity index (χ0) is 14.5. The Labute approximate surface area is 123 Å². The number of carbonyl (C=O) groups is 2. The van der Waals surface area contributed by atoms with Crippen LogP contribution in [0.3, 0.4) is 0 Å². The Morgan fingerprint density at radius 2 is 2.25 bits per heavy atom. The predicted octanol–water partition coefficient (Wildman–Crippen LogP) is 1.98. The van der Waals surface area contributed by atoms with Gasteiger partial charge in [-0.15, -0.1) is 11.8 Å². The summed E-state index contributed by atoms with van der Waals surface area (Å²) >= 11 is 1.74. The zero-order valence-electron chi connectivity index (χ0n) is 11.5. The molecule has 1 aromatic carbocycles. The lowest BCUT2D eigenvalue weighted by atomic mass is 10.1. The SMILES string of the molecule is C=CC(=O)N(CC)CC(=O)NC1CSc2ccccc21. The molecule has 4 nitrogen and oxygen atoms in total. The zero-order valence-corrected chi connectivity index (χ0v) is 12.3. The highest BCUT2D eigenvalue weighted by atomic mass is 32.2. The van der Waals surface area contributed by atoms with Crippen LogP contribution in [0.2, 0.25) is 0 Å². The molecule has 1 heterocycles. The van der Waals surface area contributed by atoms with E-state index in [9.17, 15) is 9.59 Å². The van der Waals surface area contributed by atoms with Crippen molar-refractivity contribution in [3.63, 3.8) is 0 Å². The van der Waals surface area contributed by atoms with Crippen molar-refractivity contribution in [1.29, 1.82) is 0 Å². The number of fused-ring (bicyclic) bond motifs is 1. The van der Waals surface area contributed by atoms with Crippen molar-refractivity contribution in [2.45, 2.75) is 17.9 Å². The first-order valence-electron chi connectivity index (χ1n) is 6.58. The number of benzene rings is 1. The maximum Gasteiger partial charge on any atom is 0.246 e. The van der Waals surface area contributed by atoms with Crippen LogP contribution in [0, 0.1) is 0 Å². The van der Waals surface area contributed by atoms with Gasteiger partial charge in [0.05, 0.1) is 12.6 Å². The smallest absolute Gasteiger partial charge is 0.246 e. The maximum atomic E-state index is 12.0. The van der Waals surface area contributed by atoms with Crippen LogP contribution in [-0.2, 0) is 9.59 Å². The first-order chi connectivity index (χ1) is 9.65. The fourth-order valence-corrected chi connectivity index (χ4v) is 3.33. The maximum absolute atomic E-state index is 12.0. The molecule has 0 radical (unpaired) electrons. The molecule has 1 unspecified atom stereocenters. The summed E-state index contributed by atoms with van der Waals surface area (Å²) in [6, 6.07) is 8.10. The molecule has 2 amide bonds. The minimum atomic E-state index is -0.219. The molecule has 1 N–H and O–H groups in total. The highest BCUT2D eigenvalue weighted by molar-refractivity contribution is 7.99. The minimum Gasteiger partial charge on any atom is -0.347 e. The molecule has 0 bridgehead atoms. The monoisotopic (exact) mass is 290 g/mol. The summed E-state index contributed by atoms with van der Waals surface area (Å²) in [5.74, 6) is 0.486. The summed E-state index contributed by atoms with van der Waals surface area (Å²) < 4.78 is 0. The molecule has 0 fully saturated rings. The molecule has 2 rings (SSSR count).